The Morgan fingerprint density at radius 2 is 2.00 bits per heavy atom. The Morgan fingerprint density at radius 3 is 2.64 bits per heavy atom. The smallest absolute Gasteiger partial charge is 0.255 e. The zero-order valence-electron chi connectivity index (χ0n) is 15.8. The van der Waals surface area contributed by atoms with E-state index in [0.29, 0.717) is 17.8 Å². The molecule has 9 heteroatoms. The van der Waals surface area contributed by atoms with Crippen LogP contribution in [0.4, 0.5) is 5.82 Å². The van der Waals surface area contributed by atoms with Crippen LogP contribution in [0.1, 0.15) is 16.8 Å². The minimum absolute atomic E-state index is 0.0172. The van der Waals surface area contributed by atoms with E-state index in [1.54, 1.807) is 11.3 Å². The molecule has 0 spiro atoms. The number of anilines is 1. The fourth-order valence-corrected chi connectivity index (χ4v) is 5.99. The van der Waals surface area contributed by atoms with E-state index in [2.05, 4.69) is 22.2 Å². The lowest BCUT2D eigenvalue weighted by Gasteiger charge is -2.34. The SMILES string of the molecule is CN1CCN(c2nc(-c3cccs3)ccc2C(=O)N[C@@H]2CCS(=O)(=O)C2)CC1. The molecule has 2 saturated heterocycles. The molecule has 4 heterocycles. The third kappa shape index (κ3) is 4.21. The highest BCUT2D eigenvalue weighted by atomic mass is 32.2. The summed E-state index contributed by atoms with van der Waals surface area (Å²) in [5, 5.41) is 4.91. The lowest BCUT2D eigenvalue weighted by atomic mass is 10.1. The molecule has 0 aromatic carbocycles. The van der Waals surface area contributed by atoms with E-state index in [4.69, 9.17) is 4.98 Å². The molecule has 2 aromatic heterocycles. The van der Waals surface area contributed by atoms with Gasteiger partial charge in [0.2, 0.25) is 0 Å². The molecule has 1 amide bonds. The number of likely N-dealkylation sites (N-methyl/N-ethyl adjacent to an activating group) is 1. The second kappa shape index (κ2) is 7.81. The van der Waals surface area contributed by atoms with E-state index < -0.39 is 9.84 Å². The first-order valence-electron chi connectivity index (χ1n) is 9.41. The van der Waals surface area contributed by atoms with Crippen LogP contribution in [0, 0.1) is 0 Å². The van der Waals surface area contributed by atoms with Gasteiger partial charge in [-0.2, -0.15) is 0 Å². The number of hydrogen-bond acceptors (Lipinski definition) is 7. The molecule has 0 aliphatic carbocycles. The Bertz CT molecular complexity index is 952. The van der Waals surface area contributed by atoms with Gasteiger partial charge in [0.25, 0.3) is 5.91 Å². The van der Waals surface area contributed by atoms with Gasteiger partial charge in [-0.3, -0.25) is 4.79 Å². The van der Waals surface area contributed by atoms with Gasteiger partial charge in [0, 0.05) is 32.2 Å². The summed E-state index contributed by atoms with van der Waals surface area (Å²) < 4.78 is 23.4. The normalized spacial score (nSPS) is 22.3. The van der Waals surface area contributed by atoms with Gasteiger partial charge in [-0.1, -0.05) is 6.07 Å². The van der Waals surface area contributed by atoms with Crippen molar-refractivity contribution in [1.82, 2.24) is 15.2 Å². The number of rotatable bonds is 4. The molecule has 1 N–H and O–H groups in total. The Labute approximate surface area is 169 Å². The molecule has 0 radical (unpaired) electrons. The molecule has 2 aliphatic heterocycles. The molecule has 2 fully saturated rings. The minimum atomic E-state index is -3.04. The number of thiophene rings is 1. The van der Waals surface area contributed by atoms with Crippen LogP contribution in [-0.2, 0) is 9.84 Å². The summed E-state index contributed by atoms with van der Waals surface area (Å²) >= 11 is 1.62. The zero-order chi connectivity index (χ0) is 19.7. The molecule has 0 saturated carbocycles. The molecule has 7 nitrogen and oxygen atoms in total. The lowest BCUT2D eigenvalue weighted by Crippen LogP contribution is -2.46. The van der Waals surface area contributed by atoms with E-state index in [9.17, 15) is 13.2 Å². The monoisotopic (exact) mass is 420 g/mol. The van der Waals surface area contributed by atoms with Crippen molar-refractivity contribution in [3.05, 3.63) is 35.2 Å². The Kier molecular flexibility index (Phi) is 5.39. The summed E-state index contributed by atoms with van der Waals surface area (Å²) in [7, 11) is -0.957. The van der Waals surface area contributed by atoms with Crippen molar-refractivity contribution in [3.63, 3.8) is 0 Å². The van der Waals surface area contributed by atoms with Gasteiger partial charge in [-0.05, 0) is 37.0 Å². The predicted molar refractivity (Wildman–Crippen MR) is 112 cm³/mol. The number of aromatic nitrogens is 1. The van der Waals surface area contributed by atoms with Gasteiger partial charge in [0.05, 0.1) is 27.6 Å². The third-order valence-corrected chi connectivity index (χ3v) is 7.92. The van der Waals surface area contributed by atoms with Crippen molar-refractivity contribution in [2.45, 2.75) is 12.5 Å². The zero-order valence-corrected chi connectivity index (χ0v) is 17.4. The lowest BCUT2D eigenvalue weighted by molar-refractivity contribution is 0.0941. The van der Waals surface area contributed by atoms with Gasteiger partial charge in [0.1, 0.15) is 5.82 Å². The predicted octanol–water partition coefficient (Wildman–Crippen LogP) is 1.48. The molecule has 150 valence electrons. The van der Waals surface area contributed by atoms with Crippen LogP contribution >= 0.6 is 11.3 Å². The molecular formula is C19H24N4O3S2. The Hall–Kier alpha value is -1.97. The van der Waals surface area contributed by atoms with Crippen LogP contribution in [0.5, 0.6) is 0 Å². The number of nitrogens with zero attached hydrogens (tertiary/aromatic N) is 3. The van der Waals surface area contributed by atoms with Crippen LogP contribution in [0.25, 0.3) is 10.6 Å². The second-order valence-corrected chi connectivity index (χ2v) is 10.6. The number of sulfone groups is 1. The fraction of sp³-hybridized carbons (Fsp3) is 0.474. The number of carbonyl (C=O) groups excluding carboxylic acids is 1. The number of carbonyl (C=O) groups is 1. The summed E-state index contributed by atoms with van der Waals surface area (Å²) in [4.78, 5) is 23.2. The van der Waals surface area contributed by atoms with Gasteiger partial charge >= 0.3 is 0 Å². The van der Waals surface area contributed by atoms with Gasteiger partial charge in [-0.15, -0.1) is 11.3 Å². The van der Waals surface area contributed by atoms with E-state index in [1.807, 2.05) is 29.6 Å². The standard InChI is InChI=1S/C19H24N4O3S2/c1-22-7-9-23(10-8-22)18-15(4-5-16(21-18)17-3-2-11-27-17)19(24)20-14-6-12-28(25,26)13-14/h2-5,11,14H,6-10,12-13H2,1H3,(H,20,24)/t14-/m1/s1. The maximum absolute atomic E-state index is 13.0. The van der Waals surface area contributed by atoms with E-state index in [0.717, 1.165) is 36.8 Å². The highest BCUT2D eigenvalue weighted by Gasteiger charge is 2.30. The number of amides is 1. The maximum atomic E-state index is 13.0. The topological polar surface area (TPSA) is 82.6 Å². The first-order chi connectivity index (χ1) is 13.4. The molecule has 1 atom stereocenters. The van der Waals surface area contributed by atoms with E-state index in [1.165, 1.54) is 0 Å². The van der Waals surface area contributed by atoms with Crippen LogP contribution < -0.4 is 10.2 Å². The first kappa shape index (κ1) is 19.4. The third-order valence-electron chi connectivity index (χ3n) is 5.26. The average molecular weight is 421 g/mol. The van der Waals surface area contributed by atoms with Crippen molar-refractivity contribution in [2.24, 2.45) is 0 Å². The average Bonchev–Trinajstić information content (AvgIpc) is 3.31. The van der Waals surface area contributed by atoms with Crippen LogP contribution in [0.3, 0.4) is 0 Å². The molecule has 28 heavy (non-hydrogen) atoms. The Morgan fingerprint density at radius 1 is 1.21 bits per heavy atom. The van der Waals surface area contributed by atoms with Gasteiger partial charge in [0.15, 0.2) is 9.84 Å². The summed E-state index contributed by atoms with van der Waals surface area (Å²) in [5.74, 6) is 0.584. The number of hydrogen-bond donors (Lipinski definition) is 1. The quantitative estimate of drug-likeness (QED) is 0.807. The molecule has 0 bridgehead atoms. The van der Waals surface area contributed by atoms with Crippen LogP contribution in [0.15, 0.2) is 29.6 Å². The summed E-state index contributed by atoms with van der Waals surface area (Å²) in [5.41, 5.74) is 1.36. The minimum Gasteiger partial charge on any atom is -0.353 e. The van der Waals surface area contributed by atoms with Crippen molar-refractivity contribution < 1.29 is 13.2 Å². The van der Waals surface area contributed by atoms with Crippen molar-refractivity contribution in [3.8, 4) is 10.6 Å². The molecule has 0 unspecified atom stereocenters. The highest BCUT2D eigenvalue weighted by Crippen LogP contribution is 2.28. The van der Waals surface area contributed by atoms with Gasteiger partial charge < -0.3 is 15.1 Å². The van der Waals surface area contributed by atoms with Crippen molar-refractivity contribution >= 4 is 32.9 Å². The van der Waals surface area contributed by atoms with E-state index in [-0.39, 0.29) is 23.5 Å². The highest BCUT2D eigenvalue weighted by molar-refractivity contribution is 7.91. The van der Waals surface area contributed by atoms with Crippen LogP contribution in [-0.4, -0.2) is 75.0 Å². The maximum Gasteiger partial charge on any atom is 0.255 e. The van der Waals surface area contributed by atoms with Crippen molar-refractivity contribution in [2.75, 3.05) is 49.6 Å². The summed E-state index contributed by atoms with van der Waals surface area (Å²) in [6, 6.07) is 7.36. The molecule has 4 rings (SSSR count). The first-order valence-corrected chi connectivity index (χ1v) is 12.1. The van der Waals surface area contributed by atoms with Gasteiger partial charge in [-0.25, -0.2) is 13.4 Å². The Balaban J connectivity index is 1.62. The summed E-state index contributed by atoms with van der Waals surface area (Å²) in [6.07, 6.45) is 0.471. The fourth-order valence-electron chi connectivity index (χ4n) is 3.62. The van der Waals surface area contributed by atoms with Crippen LogP contribution in [0.2, 0.25) is 0 Å². The molecular weight excluding hydrogens is 396 g/mol. The largest absolute Gasteiger partial charge is 0.353 e. The second-order valence-electron chi connectivity index (χ2n) is 7.41. The van der Waals surface area contributed by atoms with E-state index >= 15 is 0 Å². The summed E-state index contributed by atoms with van der Waals surface area (Å²) in [6.45, 7) is 3.42. The molecule has 2 aliphatic rings. The number of nitrogens with one attached hydrogen (secondary N) is 1. The molecule has 2 aromatic rings. The van der Waals surface area contributed by atoms with Crippen molar-refractivity contribution in [1.29, 1.82) is 0 Å². The number of pyridine rings is 1. The number of piperazine rings is 1.